The average Bonchev–Trinajstić information content (AvgIpc) is 2.85. The Bertz CT molecular complexity index is 717. The van der Waals surface area contributed by atoms with E-state index in [-0.39, 0.29) is 17.6 Å². The number of benzene rings is 1. The normalized spacial score (nSPS) is 44.5. The van der Waals surface area contributed by atoms with Gasteiger partial charge >= 0.3 is 0 Å². The highest BCUT2D eigenvalue weighted by Gasteiger charge is 2.74. The molecule has 3 N–H and O–H groups in total. The number of likely N-dealkylation sites (N-methyl/N-ethyl adjacent to an activating group) is 1. The van der Waals surface area contributed by atoms with Crippen molar-refractivity contribution in [3.8, 4) is 11.5 Å². The second-order valence-corrected chi connectivity index (χ2v) is 7.41. The number of phenols is 1. The first-order valence-corrected chi connectivity index (χ1v) is 8.08. The SMILES string of the molecule is C[NH+]1CCC23c4c5ccc(O)c4OC2C(=O)CCC3(O)C1C5. The van der Waals surface area contributed by atoms with E-state index in [1.54, 1.807) is 6.07 Å². The smallest absolute Gasteiger partial charge is 0.174 e. The number of likely N-dealkylation sites (tertiary alicyclic amines) is 1. The van der Waals surface area contributed by atoms with Gasteiger partial charge < -0.3 is 19.8 Å². The molecule has 1 saturated heterocycles. The van der Waals surface area contributed by atoms with E-state index in [2.05, 4.69) is 7.05 Å². The fraction of sp³-hybridized carbons (Fsp3) is 0.588. The maximum Gasteiger partial charge on any atom is 0.174 e. The van der Waals surface area contributed by atoms with E-state index in [9.17, 15) is 15.0 Å². The van der Waals surface area contributed by atoms with Crippen LogP contribution in [0.5, 0.6) is 11.5 Å². The quantitative estimate of drug-likeness (QED) is 0.594. The number of hydrogen-bond donors (Lipinski definition) is 3. The molecule has 5 unspecified atom stereocenters. The first-order chi connectivity index (χ1) is 10.5. The number of ketones is 1. The van der Waals surface area contributed by atoms with Crippen molar-refractivity contribution >= 4 is 5.78 Å². The molecule has 2 aliphatic heterocycles. The Hall–Kier alpha value is -1.59. The molecule has 2 fully saturated rings. The van der Waals surface area contributed by atoms with E-state index < -0.39 is 17.1 Å². The van der Waals surface area contributed by atoms with Crippen LogP contribution >= 0.6 is 0 Å². The van der Waals surface area contributed by atoms with Crippen LogP contribution in [0.2, 0.25) is 0 Å². The van der Waals surface area contributed by atoms with Gasteiger partial charge in [-0.2, -0.15) is 0 Å². The number of carbonyl (C=O) groups excluding carboxylic acids is 1. The van der Waals surface area contributed by atoms with Crippen LogP contribution in [0.15, 0.2) is 12.1 Å². The average molecular weight is 302 g/mol. The molecule has 4 aliphatic rings. The predicted octanol–water partition coefficient (Wildman–Crippen LogP) is -0.672. The van der Waals surface area contributed by atoms with Crippen LogP contribution in [-0.2, 0) is 16.6 Å². The molecule has 1 aromatic rings. The molecule has 0 amide bonds. The Morgan fingerprint density at radius 3 is 3.00 bits per heavy atom. The van der Waals surface area contributed by atoms with Gasteiger partial charge in [-0.25, -0.2) is 0 Å². The standard InChI is InChI=1S/C17H19NO4/c1-18-7-6-16-13-9-2-3-10(19)14(13)22-15(16)11(20)4-5-17(16,21)12(18)8-9/h2-3,12,15,19,21H,4-8H2,1H3/p+1. The molecule has 2 heterocycles. The van der Waals surface area contributed by atoms with E-state index in [0.717, 1.165) is 30.5 Å². The van der Waals surface area contributed by atoms with E-state index >= 15 is 0 Å². The molecule has 1 aromatic carbocycles. The molecule has 0 aromatic heterocycles. The predicted molar refractivity (Wildman–Crippen MR) is 77.3 cm³/mol. The largest absolute Gasteiger partial charge is 0.504 e. The second kappa shape index (κ2) is 3.66. The first kappa shape index (κ1) is 12.9. The van der Waals surface area contributed by atoms with E-state index in [4.69, 9.17) is 4.74 Å². The van der Waals surface area contributed by atoms with Crippen molar-refractivity contribution in [2.75, 3.05) is 13.6 Å². The highest BCUT2D eigenvalue weighted by atomic mass is 16.5. The van der Waals surface area contributed by atoms with Gasteiger partial charge in [0.1, 0.15) is 11.6 Å². The number of quaternary nitrogens is 1. The number of rotatable bonds is 0. The Labute approximate surface area is 128 Å². The number of ether oxygens (including phenoxy) is 1. The minimum Gasteiger partial charge on any atom is -0.504 e. The van der Waals surface area contributed by atoms with Crippen molar-refractivity contribution < 1.29 is 24.6 Å². The molecule has 116 valence electrons. The van der Waals surface area contributed by atoms with Crippen LogP contribution in [0.1, 0.15) is 30.4 Å². The molecule has 5 rings (SSSR count). The van der Waals surface area contributed by atoms with Crippen LogP contribution in [0.4, 0.5) is 0 Å². The number of Topliss-reactive ketones (excluding diaryl/α,β-unsaturated/α-hetero) is 1. The van der Waals surface area contributed by atoms with Gasteiger partial charge in [-0.1, -0.05) is 6.07 Å². The third-order valence-corrected chi connectivity index (χ3v) is 6.68. The van der Waals surface area contributed by atoms with E-state index in [1.165, 1.54) is 4.90 Å². The second-order valence-electron chi connectivity index (χ2n) is 7.41. The van der Waals surface area contributed by atoms with Gasteiger partial charge in [0, 0.05) is 24.8 Å². The molecule has 2 aliphatic carbocycles. The number of phenolic OH excluding ortho intramolecular Hbond substituents is 1. The summed E-state index contributed by atoms with van der Waals surface area (Å²) in [7, 11) is 2.13. The summed E-state index contributed by atoms with van der Waals surface area (Å²) in [5.74, 6) is 0.586. The Morgan fingerprint density at radius 2 is 2.18 bits per heavy atom. The first-order valence-electron chi connectivity index (χ1n) is 8.08. The van der Waals surface area contributed by atoms with Gasteiger partial charge in [0.05, 0.1) is 19.0 Å². The molecule has 1 spiro atoms. The minimum absolute atomic E-state index is 0.0615. The lowest BCUT2D eigenvalue weighted by atomic mass is 9.49. The van der Waals surface area contributed by atoms with Crippen molar-refractivity contribution in [1.29, 1.82) is 0 Å². The summed E-state index contributed by atoms with van der Waals surface area (Å²) in [6.45, 7) is 0.911. The number of hydrogen-bond acceptors (Lipinski definition) is 4. The summed E-state index contributed by atoms with van der Waals surface area (Å²) in [5.41, 5.74) is 0.462. The van der Waals surface area contributed by atoms with Crippen molar-refractivity contribution in [3.05, 3.63) is 23.3 Å². The number of aromatic hydroxyl groups is 1. The molecular formula is C17H20NO4+. The fourth-order valence-corrected chi connectivity index (χ4v) is 5.69. The van der Waals surface area contributed by atoms with Crippen LogP contribution < -0.4 is 9.64 Å². The molecule has 0 radical (unpaired) electrons. The van der Waals surface area contributed by atoms with Crippen LogP contribution in [0.3, 0.4) is 0 Å². The fourth-order valence-electron chi connectivity index (χ4n) is 5.69. The van der Waals surface area contributed by atoms with Gasteiger partial charge in [0.15, 0.2) is 23.4 Å². The zero-order chi connectivity index (χ0) is 15.3. The van der Waals surface area contributed by atoms with Crippen LogP contribution in [0.25, 0.3) is 0 Å². The number of piperidine rings is 1. The molecule has 5 nitrogen and oxygen atoms in total. The van der Waals surface area contributed by atoms with Crippen molar-refractivity contribution in [2.45, 2.75) is 48.8 Å². The zero-order valence-corrected chi connectivity index (χ0v) is 12.6. The third-order valence-electron chi connectivity index (χ3n) is 6.68. The Morgan fingerprint density at radius 1 is 1.36 bits per heavy atom. The van der Waals surface area contributed by atoms with Gasteiger partial charge in [-0.3, -0.25) is 4.79 Å². The lowest BCUT2D eigenvalue weighted by molar-refractivity contribution is -0.923. The summed E-state index contributed by atoms with van der Waals surface area (Å²) >= 11 is 0. The minimum atomic E-state index is -0.917. The summed E-state index contributed by atoms with van der Waals surface area (Å²) in [6, 6.07) is 3.68. The molecule has 5 heteroatoms. The monoisotopic (exact) mass is 302 g/mol. The Balaban J connectivity index is 1.88. The van der Waals surface area contributed by atoms with Crippen molar-refractivity contribution in [3.63, 3.8) is 0 Å². The summed E-state index contributed by atoms with van der Waals surface area (Å²) in [5, 5.41) is 21.9. The van der Waals surface area contributed by atoms with Gasteiger partial charge in [-0.05, 0) is 18.1 Å². The number of carbonyl (C=O) groups is 1. The molecule has 2 bridgehead atoms. The summed E-state index contributed by atoms with van der Waals surface area (Å²) in [4.78, 5) is 13.9. The molecular weight excluding hydrogens is 282 g/mol. The van der Waals surface area contributed by atoms with Crippen molar-refractivity contribution in [1.82, 2.24) is 0 Å². The lowest BCUT2D eigenvalue weighted by Crippen LogP contribution is -3.19. The number of nitrogens with one attached hydrogen (secondary N) is 1. The zero-order valence-electron chi connectivity index (χ0n) is 12.6. The maximum atomic E-state index is 12.5. The van der Waals surface area contributed by atoms with Crippen LogP contribution in [0, 0.1) is 0 Å². The summed E-state index contributed by atoms with van der Waals surface area (Å²) in [6.07, 6.45) is 1.73. The van der Waals surface area contributed by atoms with Gasteiger partial charge in [-0.15, -0.1) is 0 Å². The topological polar surface area (TPSA) is 71.2 Å². The lowest BCUT2D eigenvalue weighted by Gasteiger charge is -2.59. The van der Waals surface area contributed by atoms with E-state index in [1.807, 2.05) is 6.07 Å². The Kier molecular flexibility index (Phi) is 2.15. The van der Waals surface area contributed by atoms with E-state index in [0.29, 0.717) is 18.6 Å². The molecule has 1 saturated carbocycles. The maximum absolute atomic E-state index is 12.5. The van der Waals surface area contributed by atoms with Gasteiger partial charge in [0.2, 0.25) is 0 Å². The third kappa shape index (κ3) is 1.13. The number of aliphatic hydroxyl groups is 1. The van der Waals surface area contributed by atoms with Crippen molar-refractivity contribution in [2.24, 2.45) is 0 Å². The van der Waals surface area contributed by atoms with Crippen LogP contribution in [-0.4, -0.2) is 47.3 Å². The van der Waals surface area contributed by atoms with Gasteiger partial charge in [0.25, 0.3) is 0 Å². The highest BCUT2D eigenvalue weighted by Crippen LogP contribution is 2.62. The molecule has 22 heavy (non-hydrogen) atoms. The molecule has 5 atom stereocenters. The summed E-state index contributed by atoms with van der Waals surface area (Å²) < 4.78 is 5.95. The highest BCUT2D eigenvalue weighted by molar-refractivity contribution is 5.89.